The number of nitrogens with zero attached hydrogens (tertiary/aromatic N) is 4. The molecule has 3 rings (SSSR count). The lowest BCUT2D eigenvalue weighted by molar-refractivity contribution is 0.209. The first-order chi connectivity index (χ1) is 12.0. The van der Waals surface area contributed by atoms with Crippen LogP contribution in [0.3, 0.4) is 0 Å². The van der Waals surface area contributed by atoms with Gasteiger partial charge >= 0.3 is 0 Å². The van der Waals surface area contributed by atoms with E-state index < -0.39 is 0 Å². The molecule has 0 aliphatic rings. The number of halogens is 1. The molecule has 0 fully saturated rings. The van der Waals surface area contributed by atoms with Crippen molar-refractivity contribution in [3.8, 4) is 11.4 Å². The second kappa shape index (κ2) is 7.83. The van der Waals surface area contributed by atoms with Gasteiger partial charge in [0.1, 0.15) is 0 Å². The van der Waals surface area contributed by atoms with E-state index in [1.807, 2.05) is 34.5 Å². The largest absolute Gasteiger partial charge is 0.303 e. The van der Waals surface area contributed by atoms with Gasteiger partial charge in [-0.25, -0.2) is 4.68 Å². The predicted molar refractivity (Wildman–Crippen MR) is 108 cm³/mol. The van der Waals surface area contributed by atoms with Gasteiger partial charge in [-0.1, -0.05) is 42.8 Å². The van der Waals surface area contributed by atoms with Crippen LogP contribution in [0.5, 0.6) is 0 Å². The van der Waals surface area contributed by atoms with E-state index in [2.05, 4.69) is 36.9 Å². The van der Waals surface area contributed by atoms with E-state index in [1.165, 1.54) is 10.4 Å². The number of benzene rings is 1. The van der Waals surface area contributed by atoms with E-state index in [1.54, 1.807) is 11.3 Å². The molecule has 4 nitrogen and oxygen atoms in total. The average molecular weight is 393 g/mol. The third-order valence-electron chi connectivity index (χ3n) is 4.22. The van der Waals surface area contributed by atoms with Gasteiger partial charge in [0.25, 0.3) is 0 Å². The van der Waals surface area contributed by atoms with Crippen LogP contribution in [0.15, 0.2) is 36.4 Å². The van der Waals surface area contributed by atoms with Crippen LogP contribution in [0.4, 0.5) is 0 Å². The first-order valence-corrected chi connectivity index (χ1v) is 9.76. The van der Waals surface area contributed by atoms with Crippen LogP contribution in [-0.2, 0) is 20.3 Å². The van der Waals surface area contributed by atoms with E-state index in [-0.39, 0.29) is 0 Å². The third kappa shape index (κ3) is 4.03. The molecule has 0 bridgehead atoms. The molecule has 0 amide bonds. The number of aryl methyl sites for hydroxylation is 1. The molecule has 3 aromatic rings. The second-order valence-corrected chi connectivity index (χ2v) is 8.14. The fourth-order valence-electron chi connectivity index (χ4n) is 2.75. The number of hydrogen-bond acceptors (Lipinski definition) is 4. The summed E-state index contributed by atoms with van der Waals surface area (Å²) in [4.78, 5) is 3.54. The Morgan fingerprint density at radius 3 is 2.64 bits per heavy atom. The smallest absolute Gasteiger partial charge is 0.199 e. The molecular formula is C18H21ClN4S2. The van der Waals surface area contributed by atoms with Crippen molar-refractivity contribution >= 4 is 35.2 Å². The Morgan fingerprint density at radius 2 is 2.00 bits per heavy atom. The summed E-state index contributed by atoms with van der Waals surface area (Å²) in [6.07, 6.45) is 0. The number of hydrogen-bond donors (Lipinski definition) is 0. The summed E-state index contributed by atoms with van der Waals surface area (Å²) in [5.41, 5.74) is 2.31. The van der Waals surface area contributed by atoms with E-state index in [4.69, 9.17) is 28.9 Å². The quantitative estimate of drug-likeness (QED) is 0.544. The van der Waals surface area contributed by atoms with Crippen molar-refractivity contribution < 1.29 is 0 Å². The number of aromatic nitrogens is 3. The zero-order valence-electron chi connectivity index (χ0n) is 14.6. The molecule has 0 aliphatic heterocycles. The van der Waals surface area contributed by atoms with Crippen LogP contribution < -0.4 is 0 Å². The third-order valence-corrected chi connectivity index (χ3v) is 5.92. The van der Waals surface area contributed by atoms with Crippen molar-refractivity contribution in [3.63, 3.8) is 0 Å². The molecule has 2 aromatic heterocycles. The maximum absolute atomic E-state index is 6.04. The molecule has 0 saturated heterocycles. The Hall–Kier alpha value is -1.47. The number of rotatable bonds is 6. The fourth-order valence-corrected chi connectivity index (χ4v) is 4.06. The highest BCUT2D eigenvalue weighted by Gasteiger charge is 2.14. The highest BCUT2D eigenvalue weighted by molar-refractivity contribution is 7.71. The molecule has 2 heterocycles. The maximum Gasteiger partial charge on any atom is 0.199 e. The summed E-state index contributed by atoms with van der Waals surface area (Å²) >= 11 is 13.3. The summed E-state index contributed by atoms with van der Waals surface area (Å²) in [6.45, 7) is 6.64. The summed E-state index contributed by atoms with van der Waals surface area (Å²) in [5.74, 6) is 0.901. The van der Waals surface area contributed by atoms with E-state index in [9.17, 15) is 0 Å². The SMILES string of the molecule is CCN(Cc1ccc(Cl)s1)Cn1nc(-c2ccccc2C)n(C)c1=S. The van der Waals surface area contributed by atoms with Gasteiger partial charge in [-0.15, -0.1) is 11.3 Å². The van der Waals surface area contributed by atoms with Crippen molar-refractivity contribution in [2.24, 2.45) is 7.05 Å². The molecule has 1 aromatic carbocycles. The van der Waals surface area contributed by atoms with Gasteiger partial charge in [-0.05, 0) is 43.4 Å². The van der Waals surface area contributed by atoms with Crippen molar-refractivity contribution in [3.05, 3.63) is 55.9 Å². The zero-order chi connectivity index (χ0) is 18.0. The lowest BCUT2D eigenvalue weighted by Gasteiger charge is -2.19. The van der Waals surface area contributed by atoms with Crippen LogP contribution in [0.25, 0.3) is 11.4 Å². The van der Waals surface area contributed by atoms with Crippen LogP contribution in [0, 0.1) is 11.7 Å². The van der Waals surface area contributed by atoms with Crippen LogP contribution in [0.2, 0.25) is 4.34 Å². The Labute approximate surface area is 162 Å². The Kier molecular flexibility index (Phi) is 5.74. The van der Waals surface area contributed by atoms with Crippen LogP contribution in [0.1, 0.15) is 17.4 Å². The highest BCUT2D eigenvalue weighted by atomic mass is 35.5. The van der Waals surface area contributed by atoms with Crippen molar-refractivity contribution in [1.29, 1.82) is 0 Å². The van der Waals surface area contributed by atoms with Gasteiger partial charge in [0, 0.05) is 24.0 Å². The molecule has 7 heteroatoms. The molecule has 0 N–H and O–H groups in total. The number of thiophene rings is 1. The molecule has 0 aliphatic carbocycles. The van der Waals surface area contributed by atoms with Crippen molar-refractivity contribution in [2.45, 2.75) is 27.1 Å². The first kappa shape index (κ1) is 18.3. The lowest BCUT2D eigenvalue weighted by atomic mass is 10.1. The second-order valence-electron chi connectivity index (χ2n) is 5.97. The molecule has 0 spiro atoms. The minimum atomic E-state index is 0.657. The Bertz CT molecular complexity index is 925. The van der Waals surface area contributed by atoms with Crippen LogP contribution in [-0.4, -0.2) is 25.8 Å². The molecule has 132 valence electrons. The van der Waals surface area contributed by atoms with Gasteiger partial charge in [0.15, 0.2) is 10.6 Å². The standard InChI is InChI=1S/C18H21ClN4S2/c1-4-22(11-14-9-10-16(19)25-14)12-23-18(24)21(3)17(20-23)15-8-6-5-7-13(15)2/h5-10H,4,11-12H2,1-3H3. The highest BCUT2D eigenvalue weighted by Crippen LogP contribution is 2.24. The average Bonchev–Trinajstić information content (AvgIpc) is 3.13. The molecule has 0 unspecified atom stereocenters. The monoisotopic (exact) mass is 392 g/mol. The molecule has 25 heavy (non-hydrogen) atoms. The van der Waals surface area contributed by atoms with Gasteiger partial charge in [0.2, 0.25) is 0 Å². The summed E-state index contributed by atoms with van der Waals surface area (Å²) < 4.78 is 5.42. The Morgan fingerprint density at radius 1 is 1.24 bits per heavy atom. The first-order valence-electron chi connectivity index (χ1n) is 8.16. The molecule has 0 atom stereocenters. The summed E-state index contributed by atoms with van der Waals surface area (Å²) in [6, 6.07) is 12.3. The van der Waals surface area contributed by atoms with Gasteiger partial charge in [0.05, 0.1) is 11.0 Å². The van der Waals surface area contributed by atoms with Crippen molar-refractivity contribution in [1.82, 2.24) is 19.2 Å². The molecular weight excluding hydrogens is 372 g/mol. The van der Waals surface area contributed by atoms with E-state index in [0.29, 0.717) is 6.67 Å². The zero-order valence-corrected chi connectivity index (χ0v) is 17.0. The lowest BCUT2D eigenvalue weighted by Crippen LogP contribution is -2.26. The maximum atomic E-state index is 6.04. The summed E-state index contributed by atoms with van der Waals surface area (Å²) in [7, 11) is 1.98. The Balaban J connectivity index is 1.86. The fraction of sp³-hybridized carbons (Fsp3) is 0.333. The molecule has 0 saturated carbocycles. The van der Waals surface area contributed by atoms with Gasteiger partial charge in [-0.2, -0.15) is 5.10 Å². The van der Waals surface area contributed by atoms with E-state index in [0.717, 1.165) is 33.6 Å². The minimum absolute atomic E-state index is 0.657. The van der Waals surface area contributed by atoms with E-state index >= 15 is 0 Å². The van der Waals surface area contributed by atoms with Crippen molar-refractivity contribution in [2.75, 3.05) is 6.54 Å². The predicted octanol–water partition coefficient (Wildman–Crippen LogP) is 5.12. The summed E-state index contributed by atoms with van der Waals surface area (Å²) in [5, 5.41) is 4.79. The topological polar surface area (TPSA) is 26.0 Å². The van der Waals surface area contributed by atoms with Gasteiger partial charge in [-0.3, -0.25) is 4.90 Å². The van der Waals surface area contributed by atoms with Crippen LogP contribution >= 0.6 is 35.2 Å². The normalized spacial score (nSPS) is 11.4. The minimum Gasteiger partial charge on any atom is -0.303 e. The van der Waals surface area contributed by atoms with Gasteiger partial charge < -0.3 is 4.57 Å². The molecule has 0 radical (unpaired) electrons.